The molecule has 3 aliphatic rings. The molecule has 0 saturated heterocycles. The monoisotopic (exact) mass is 1210 g/mol. The zero-order valence-electron chi connectivity index (χ0n) is 50.4. The standard InChI is InChI=1S/2C28H41Si2.C12H9Si.2ClH.Zr/c2*1-11-12-20-13-14-21-15-23(28(2,3)4)18-26(21)27(20)22-16-24(29(5,6)7)19-25(17-22)30(8,9)10;1-3-7-11-9(5-1)10-6-2-4-8-12(10)13-11;;;/h2*13-19H,11-12H2,1-10H3;1-7H,13H2;2*1H;/q;;;;;+2/p-2. The zero-order valence-corrected chi connectivity index (χ0v) is 59.8. The molecule has 0 radical (unpaired) electrons. The van der Waals surface area contributed by atoms with Crippen LogP contribution in [0.25, 0.3) is 45.5 Å². The molecule has 2 aliphatic carbocycles. The molecule has 2 unspecified atom stereocenters. The van der Waals surface area contributed by atoms with Crippen molar-refractivity contribution in [2.75, 3.05) is 0 Å². The molecule has 1 aliphatic heterocycles. The summed E-state index contributed by atoms with van der Waals surface area (Å²) in [6.07, 6.45) is 9.52. The van der Waals surface area contributed by atoms with Crippen molar-refractivity contribution < 1.29 is 16.4 Å². The Bertz CT molecular complexity index is 3130. The zero-order chi connectivity index (χ0) is 55.7. The van der Waals surface area contributed by atoms with Crippen LogP contribution in [-0.2, 0) is 29.2 Å². The summed E-state index contributed by atoms with van der Waals surface area (Å²) in [6.45, 7) is 49.6. The van der Waals surface area contributed by atoms with Gasteiger partial charge in [0.25, 0.3) is 0 Å². The molecule has 2 atom stereocenters. The van der Waals surface area contributed by atoms with Crippen LogP contribution < -0.4 is 34.4 Å². The van der Waals surface area contributed by atoms with Gasteiger partial charge in [0, 0.05) is 0 Å². The molecule has 8 heteroatoms. The number of hydrogen-bond donors (Lipinski definition) is 0. The first-order chi connectivity index (χ1) is 35.1. The van der Waals surface area contributed by atoms with Crippen LogP contribution in [0.15, 0.2) is 114 Å². The van der Waals surface area contributed by atoms with E-state index in [2.05, 4.69) is 249 Å². The predicted molar refractivity (Wildman–Crippen MR) is 355 cm³/mol. The number of aryl methyl sites for hydroxylation is 2. The molecular weight excluding hydrogens is 1120 g/mol. The van der Waals surface area contributed by atoms with Gasteiger partial charge in [0.2, 0.25) is 0 Å². The van der Waals surface area contributed by atoms with Gasteiger partial charge in [-0.2, -0.15) is 0 Å². The molecule has 0 N–H and O–H groups in total. The van der Waals surface area contributed by atoms with E-state index in [1.165, 1.54) is 91.6 Å². The third-order valence-electron chi connectivity index (χ3n) is 17.7. The summed E-state index contributed by atoms with van der Waals surface area (Å²) in [4.78, 5) is 0. The van der Waals surface area contributed by atoms with Gasteiger partial charge in [0.05, 0.1) is 0 Å². The Morgan fingerprint density at radius 1 is 0.474 bits per heavy atom. The molecule has 0 amide bonds. The van der Waals surface area contributed by atoms with Crippen LogP contribution in [0.4, 0.5) is 0 Å². The van der Waals surface area contributed by atoms with E-state index in [1.54, 1.807) is 20.7 Å². The second-order valence-corrected chi connectivity index (χ2v) is 72.4. The Hall–Kier alpha value is -2.65. The van der Waals surface area contributed by atoms with E-state index in [1.807, 2.05) is 0 Å². The van der Waals surface area contributed by atoms with E-state index in [9.17, 15) is 17.0 Å². The fourth-order valence-electron chi connectivity index (χ4n) is 13.4. The molecule has 0 nitrogen and oxygen atoms in total. The van der Waals surface area contributed by atoms with Gasteiger partial charge in [-0.25, -0.2) is 0 Å². The quantitative estimate of drug-likeness (QED) is 0.101. The van der Waals surface area contributed by atoms with Gasteiger partial charge in [-0.3, -0.25) is 0 Å². The second kappa shape index (κ2) is 19.8. The third-order valence-corrected chi connectivity index (χ3v) is 48.3. The van der Waals surface area contributed by atoms with E-state index >= 15 is 0 Å². The number of allylic oxidation sites excluding steroid dienone is 2. The Morgan fingerprint density at radius 3 is 1.22 bits per heavy atom. The molecular formula is C68H91Cl2Si5Zr. The number of halogens is 2. The topological polar surface area (TPSA) is 0 Å². The van der Waals surface area contributed by atoms with Crippen molar-refractivity contribution in [3.63, 3.8) is 0 Å². The van der Waals surface area contributed by atoms with Gasteiger partial charge >= 0.3 is 481 Å². The summed E-state index contributed by atoms with van der Waals surface area (Å²) >= 11 is -5.99. The van der Waals surface area contributed by atoms with E-state index in [0.717, 1.165) is 25.7 Å². The van der Waals surface area contributed by atoms with Crippen molar-refractivity contribution in [1.82, 2.24) is 0 Å². The average Bonchev–Trinajstić information content (AvgIpc) is 4.06. The molecule has 0 aromatic heterocycles. The molecule has 6 aromatic carbocycles. The van der Waals surface area contributed by atoms with Crippen molar-refractivity contribution in [3.8, 4) is 33.4 Å². The van der Waals surface area contributed by atoms with Crippen molar-refractivity contribution in [3.05, 3.63) is 148 Å². The van der Waals surface area contributed by atoms with Crippen molar-refractivity contribution in [2.24, 2.45) is 10.8 Å². The first kappa shape index (κ1) is 58.0. The maximum absolute atomic E-state index is 9.89. The molecule has 6 aromatic rings. The van der Waals surface area contributed by atoms with Crippen LogP contribution in [0.3, 0.4) is 0 Å². The summed E-state index contributed by atoms with van der Waals surface area (Å²) in [6, 6.07) is 42.1. The molecule has 0 fully saturated rings. The Balaban J connectivity index is 1.45. The molecule has 76 heavy (non-hydrogen) atoms. The first-order valence-electron chi connectivity index (χ1n) is 28.9. The Morgan fingerprint density at radius 2 is 0.855 bits per heavy atom. The molecule has 9 rings (SSSR count). The number of fused-ring (bicyclic) bond motifs is 5. The van der Waals surface area contributed by atoms with Gasteiger partial charge in [0.1, 0.15) is 0 Å². The van der Waals surface area contributed by atoms with Gasteiger partial charge in [-0.05, 0) is 0 Å². The van der Waals surface area contributed by atoms with E-state index in [-0.39, 0.29) is 18.1 Å². The van der Waals surface area contributed by atoms with Crippen molar-refractivity contribution in [2.45, 2.75) is 167 Å². The molecule has 0 saturated carbocycles. The van der Waals surface area contributed by atoms with Gasteiger partial charge in [0.15, 0.2) is 0 Å². The second-order valence-electron chi connectivity index (χ2n) is 29.7. The van der Waals surface area contributed by atoms with E-state index < -0.39 is 58.2 Å². The summed E-state index contributed by atoms with van der Waals surface area (Å²) in [5.41, 5.74) is 19.0. The number of rotatable bonds is 13. The summed E-state index contributed by atoms with van der Waals surface area (Å²) < 4.78 is 0.960. The third kappa shape index (κ3) is 10.2. The minimum absolute atomic E-state index is 0.177. The summed E-state index contributed by atoms with van der Waals surface area (Å²) in [7, 11) is 12.0. The summed E-state index contributed by atoms with van der Waals surface area (Å²) in [5.74, 6) is 0. The average molecular weight is 1210 g/mol. The normalized spacial score (nSPS) is 17.7. The van der Waals surface area contributed by atoms with Crippen LogP contribution in [0, 0.1) is 10.8 Å². The van der Waals surface area contributed by atoms with Crippen LogP contribution in [0.5, 0.6) is 0 Å². The first-order valence-corrected chi connectivity index (χ1v) is 54.8. The molecule has 0 spiro atoms. The van der Waals surface area contributed by atoms with Gasteiger partial charge < -0.3 is 0 Å². The SMILES string of the molecule is CCCc1ccc2c(c1-c1cc([Si](C)(C)C)cc([Si](C)(C)C)c1)C=C(C(C)(C)C)[CH]2[Zr]([Cl])([Cl])([c]1cccc2c1[SiH2]c1ccccc1-2)[CH]1C(C(C)(C)C)=Cc2c1ccc(CCC)c2-c1cc([Si](C)(C)C)cc([Si](C)(C)C)c1. The maximum atomic E-state index is 9.89. The van der Waals surface area contributed by atoms with Gasteiger partial charge in [-0.1, -0.05) is 0 Å². The number of hydrogen-bond acceptors (Lipinski definition) is 0. The Kier molecular flexibility index (Phi) is 15.1. The fraction of sp³-hybridized carbons (Fsp3) is 0.412. The fourth-order valence-corrected chi connectivity index (χ4v) is 46.7. The molecule has 401 valence electrons. The van der Waals surface area contributed by atoms with Crippen molar-refractivity contribution >= 4 is 105 Å². The predicted octanol–water partition coefficient (Wildman–Crippen LogP) is 16.2. The van der Waals surface area contributed by atoms with E-state index in [4.69, 9.17) is 0 Å². The van der Waals surface area contributed by atoms with Gasteiger partial charge in [-0.15, -0.1) is 0 Å². The van der Waals surface area contributed by atoms with E-state index in [0.29, 0.717) is 0 Å². The Labute approximate surface area is 476 Å². The summed E-state index contributed by atoms with van der Waals surface area (Å²) in [5, 5.41) is 9.19. The number of benzene rings is 6. The van der Waals surface area contributed by atoms with Crippen LogP contribution in [0.1, 0.15) is 109 Å². The molecule has 0 bridgehead atoms. The van der Waals surface area contributed by atoms with Crippen molar-refractivity contribution in [1.29, 1.82) is 0 Å². The van der Waals surface area contributed by atoms with Crippen LogP contribution in [-0.4, -0.2) is 41.8 Å². The molecule has 1 heterocycles. The minimum atomic E-state index is -5.99. The van der Waals surface area contributed by atoms with Crippen LogP contribution in [0.2, 0.25) is 78.6 Å². The van der Waals surface area contributed by atoms with Crippen LogP contribution >= 0.6 is 17.0 Å².